The van der Waals surface area contributed by atoms with Gasteiger partial charge in [0.25, 0.3) is 5.82 Å². The predicted octanol–water partition coefficient (Wildman–Crippen LogP) is 2.29. The Morgan fingerprint density at radius 2 is 2.30 bits per heavy atom. The lowest BCUT2D eigenvalue weighted by Gasteiger charge is -2.24. The number of urea groups is 1. The number of amides is 2. The van der Waals surface area contributed by atoms with Crippen LogP contribution in [0.1, 0.15) is 11.3 Å². The quantitative estimate of drug-likeness (QED) is 0.667. The number of morpholine rings is 1. The van der Waals surface area contributed by atoms with Crippen molar-refractivity contribution in [2.75, 3.05) is 36.9 Å². The van der Waals surface area contributed by atoms with Crippen LogP contribution in [0.25, 0.3) is 0 Å². The minimum atomic E-state index is -0.395. The maximum Gasteiger partial charge on any atom is 0.411 e. The topological polar surface area (TPSA) is 98.7 Å². The summed E-state index contributed by atoms with van der Waals surface area (Å²) in [6, 6.07) is 3.31. The summed E-state index contributed by atoms with van der Waals surface area (Å²) in [4.78, 5) is 19.4. The van der Waals surface area contributed by atoms with Crippen LogP contribution in [0.3, 0.4) is 0 Å². The third-order valence-corrected chi connectivity index (χ3v) is 4.87. The molecule has 0 spiro atoms. The number of ether oxygens (including phenoxy) is 2. The van der Waals surface area contributed by atoms with Crippen molar-refractivity contribution in [1.82, 2.24) is 10.3 Å². The van der Waals surface area contributed by atoms with Crippen LogP contribution in [0.5, 0.6) is 5.75 Å². The molecule has 1 atom stereocenters. The molecule has 2 amide bonds. The van der Waals surface area contributed by atoms with E-state index in [1.807, 2.05) is 26.0 Å². The monoisotopic (exact) mass is 436 g/mol. The lowest BCUT2D eigenvalue weighted by molar-refractivity contribution is -0.362. The summed E-state index contributed by atoms with van der Waals surface area (Å²) in [6.45, 7) is 6.49. The Morgan fingerprint density at radius 3 is 3.00 bits per heavy atom. The van der Waals surface area contributed by atoms with Gasteiger partial charge in [-0.15, -0.1) is 0 Å². The van der Waals surface area contributed by atoms with E-state index in [-0.39, 0.29) is 6.10 Å². The summed E-state index contributed by atoms with van der Waals surface area (Å²) in [5.41, 5.74) is 2.40. The zero-order valence-corrected chi connectivity index (χ0v) is 16.9. The van der Waals surface area contributed by atoms with E-state index >= 15 is 0 Å². The molecule has 0 radical (unpaired) electrons. The highest BCUT2D eigenvalue weighted by atomic mass is 79.9. The van der Waals surface area contributed by atoms with E-state index in [1.165, 1.54) is 0 Å². The second-order valence-electron chi connectivity index (χ2n) is 6.29. The van der Waals surface area contributed by atoms with Crippen molar-refractivity contribution in [2.45, 2.75) is 20.0 Å². The molecule has 2 heterocycles. The van der Waals surface area contributed by atoms with E-state index < -0.39 is 6.03 Å². The average molecular weight is 437 g/mol. The number of carbonyl (C=O) groups is 1. The van der Waals surface area contributed by atoms with Crippen LogP contribution in [-0.2, 0) is 4.74 Å². The number of H-pyrrole nitrogens is 1. The minimum Gasteiger partial charge on any atom is -0.489 e. The van der Waals surface area contributed by atoms with Gasteiger partial charge in [0.05, 0.1) is 18.0 Å². The number of halogens is 1. The smallest absolute Gasteiger partial charge is 0.411 e. The molecule has 2 aromatic rings. The molecule has 1 aromatic heterocycles. The first-order chi connectivity index (χ1) is 13.0. The molecule has 4 N–H and O–H groups in total. The first kappa shape index (κ1) is 19.5. The molecule has 9 heteroatoms. The van der Waals surface area contributed by atoms with Gasteiger partial charge in [0.15, 0.2) is 0 Å². The molecule has 144 valence electrons. The van der Waals surface area contributed by atoms with Gasteiger partial charge in [-0.3, -0.25) is 5.32 Å². The standard InChI is InChI=1S/C18H22BrN5O3/c1-11-5-16(27-10-13-8-20-3-4-26-13)15(6-14(11)19)23-18(25)24-17-9-21-12(2)7-22-17/h5-7,9,13,20H,3-4,8,10H2,1-2H3,(H2,22,23,24,25)/p+1. The van der Waals surface area contributed by atoms with Crippen molar-refractivity contribution in [3.8, 4) is 5.75 Å². The molecule has 8 nitrogen and oxygen atoms in total. The van der Waals surface area contributed by atoms with E-state index in [0.717, 1.165) is 28.8 Å². The van der Waals surface area contributed by atoms with E-state index in [0.29, 0.717) is 30.5 Å². The van der Waals surface area contributed by atoms with Crippen LogP contribution in [0.15, 0.2) is 29.0 Å². The molecular formula is C18H23BrN5O3+. The number of hydrogen-bond donors (Lipinski definition) is 3. The fourth-order valence-electron chi connectivity index (χ4n) is 2.55. The molecule has 1 aliphatic heterocycles. The van der Waals surface area contributed by atoms with Crippen LogP contribution in [0.2, 0.25) is 0 Å². The molecule has 1 fully saturated rings. The van der Waals surface area contributed by atoms with Gasteiger partial charge in [-0.25, -0.2) is 14.8 Å². The Balaban J connectivity index is 1.67. The van der Waals surface area contributed by atoms with Crippen molar-refractivity contribution in [2.24, 2.45) is 0 Å². The van der Waals surface area contributed by atoms with Crippen molar-refractivity contribution >= 4 is 33.5 Å². The van der Waals surface area contributed by atoms with Gasteiger partial charge in [0.2, 0.25) is 0 Å². The molecular weight excluding hydrogens is 414 g/mol. The summed E-state index contributed by atoms with van der Waals surface area (Å²) in [6.07, 6.45) is 3.26. The number of hydrogen-bond acceptors (Lipinski definition) is 5. The van der Waals surface area contributed by atoms with Gasteiger partial charge in [0, 0.05) is 17.6 Å². The van der Waals surface area contributed by atoms with Gasteiger partial charge in [-0.2, -0.15) is 5.32 Å². The van der Waals surface area contributed by atoms with Crippen LogP contribution < -0.4 is 25.7 Å². The number of rotatable bonds is 5. The largest absolute Gasteiger partial charge is 0.489 e. The van der Waals surface area contributed by atoms with E-state index in [1.54, 1.807) is 12.4 Å². The van der Waals surface area contributed by atoms with E-state index in [4.69, 9.17) is 9.47 Å². The fourth-order valence-corrected chi connectivity index (χ4v) is 2.89. The normalized spacial score (nSPS) is 16.6. The highest BCUT2D eigenvalue weighted by Gasteiger charge is 2.18. The third kappa shape index (κ3) is 5.62. The number of aromatic nitrogens is 2. The van der Waals surface area contributed by atoms with Crippen molar-refractivity contribution < 1.29 is 19.3 Å². The number of aromatic amines is 1. The number of nitrogens with one attached hydrogen (secondary N) is 4. The lowest BCUT2D eigenvalue weighted by Crippen LogP contribution is -2.41. The molecule has 27 heavy (non-hydrogen) atoms. The zero-order valence-electron chi connectivity index (χ0n) is 15.3. The van der Waals surface area contributed by atoms with Gasteiger partial charge in [-0.05, 0) is 31.5 Å². The Hall–Kier alpha value is -2.23. The molecule has 1 aromatic carbocycles. The summed E-state index contributed by atoms with van der Waals surface area (Å²) in [7, 11) is 0. The maximum atomic E-state index is 12.3. The van der Waals surface area contributed by atoms with Gasteiger partial charge < -0.3 is 14.8 Å². The first-order valence-corrected chi connectivity index (χ1v) is 9.48. The molecule has 0 aliphatic carbocycles. The summed E-state index contributed by atoms with van der Waals surface area (Å²) >= 11 is 3.49. The molecule has 0 bridgehead atoms. The van der Waals surface area contributed by atoms with Gasteiger partial charge in [0.1, 0.15) is 30.9 Å². The Bertz CT molecular complexity index is 794. The Labute approximate surface area is 166 Å². The van der Waals surface area contributed by atoms with Crippen LogP contribution >= 0.6 is 15.9 Å². The zero-order chi connectivity index (χ0) is 19.2. The van der Waals surface area contributed by atoms with Gasteiger partial charge in [-0.1, -0.05) is 15.9 Å². The molecule has 1 saturated heterocycles. The average Bonchev–Trinajstić information content (AvgIpc) is 2.66. The summed E-state index contributed by atoms with van der Waals surface area (Å²) in [5.74, 6) is 1.08. The van der Waals surface area contributed by atoms with Crippen LogP contribution in [0.4, 0.5) is 16.3 Å². The SMILES string of the molecule is Cc1c[nH+]c(NC(=O)Nc2cc(Br)c(C)cc2OCC2CNCCO2)cn1. The van der Waals surface area contributed by atoms with Crippen molar-refractivity contribution in [3.05, 3.63) is 40.3 Å². The van der Waals surface area contributed by atoms with Crippen LogP contribution in [0, 0.1) is 13.8 Å². The number of benzene rings is 1. The maximum absolute atomic E-state index is 12.3. The summed E-state index contributed by atoms with van der Waals surface area (Å²) in [5, 5.41) is 8.80. The second-order valence-corrected chi connectivity index (χ2v) is 7.14. The van der Waals surface area contributed by atoms with E-state index in [2.05, 4.69) is 41.8 Å². The molecule has 1 aliphatic rings. The lowest BCUT2D eigenvalue weighted by atomic mass is 10.2. The number of anilines is 2. The van der Waals surface area contributed by atoms with E-state index in [9.17, 15) is 4.79 Å². The predicted molar refractivity (Wildman–Crippen MR) is 105 cm³/mol. The highest BCUT2D eigenvalue weighted by molar-refractivity contribution is 9.10. The fraction of sp³-hybridized carbons (Fsp3) is 0.389. The Morgan fingerprint density at radius 1 is 1.44 bits per heavy atom. The minimum absolute atomic E-state index is 0.0161. The Kier molecular flexibility index (Phi) is 6.59. The molecule has 3 rings (SSSR count). The summed E-state index contributed by atoms with van der Waals surface area (Å²) < 4.78 is 12.5. The molecule has 0 saturated carbocycles. The second kappa shape index (κ2) is 9.12. The van der Waals surface area contributed by atoms with Crippen molar-refractivity contribution in [3.63, 3.8) is 0 Å². The number of aryl methyl sites for hydroxylation is 2. The highest BCUT2D eigenvalue weighted by Crippen LogP contribution is 2.31. The van der Waals surface area contributed by atoms with Crippen molar-refractivity contribution in [1.29, 1.82) is 0 Å². The number of carbonyl (C=O) groups excluding carboxylic acids is 1. The van der Waals surface area contributed by atoms with Crippen LogP contribution in [-0.4, -0.2) is 43.4 Å². The molecule has 1 unspecified atom stereocenters. The third-order valence-electron chi connectivity index (χ3n) is 4.02. The first-order valence-electron chi connectivity index (χ1n) is 8.69. The van der Waals surface area contributed by atoms with Gasteiger partial charge >= 0.3 is 6.03 Å². The number of nitrogens with zero attached hydrogens (tertiary/aromatic N) is 1.